The molecule has 0 aliphatic heterocycles. The van der Waals surface area contributed by atoms with Crippen LogP contribution in [0.5, 0.6) is 0 Å². The first-order valence-corrected chi connectivity index (χ1v) is 11.7. The number of H-pyrrole nitrogens is 1. The molecule has 3 N–H and O–H groups in total. The average molecular weight is 411 g/mol. The molecule has 2 aromatic heterocycles. The van der Waals surface area contributed by atoms with Gasteiger partial charge in [0.15, 0.2) is 6.04 Å². The van der Waals surface area contributed by atoms with E-state index >= 15 is 0 Å². The molecule has 0 radical (unpaired) electrons. The number of hydrogen-bond donors (Lipinski definition) is 2. The molecule has 0 bridgehead atoms. The SMILES string of the molecule is C[C@H]([NH2+]C[C@H](c1cccs1)c1c[nH]c2ccccc12)C(=O)N(C)C1CCCCC1. The molecule has 0 spiro atoms. The van der Waals surface area contributed by atoms with Gasteiger partial charge in [-0.15, -0.1) is 11.3 Å². The van der Waals surface area contributed by atoms with Crippen LogP contribution in [0.1, 0.15) is 55.4 Å². The number of nitrogens with one attached hydrogen (secondary N) is 1. The highest BCUT2D eigenvalue weighted by atomic mass is 32.1. The number of nitrogens with zero attached hydrogens (tertiary/aromatic N) is 1. The van der Waals surface area contributed by atoms with Crippen LogP contribution < -0.4 is 5.32 Å². The van der Waals surface area contributed by atoms with Crippen molar-refractivity contribution >= 4 is 28.1 Å². The van der Waals surface area contributed by atoms with Crippen molar-refractivity contribution in [1.82, 2.24) is 9.88 Å². The van der Waals surface area contributed by atoms with Crippen LogP contribution in [0.3, 0.4) is 0 Å². The largest absolute Gasteiger partial charge is 0.361 e. The number of aromatic amines is 1. The summed E-state index contributed by atoms with van der Waals surface area (Å²) in [5.74, 6) is 0.544. The number of hydrogen-bond acceptors (Lipinski definition) is 2. The minimum Gasteiger partial charge on any atom is -0.361 e. The molecule has 154 valence electrons. The summed E-state index contributed by atoms with van der Waals surface area (Å²) >= 11 is 1.80. The summed E-state index contributed by atoms with van der Waals surface area (Å²) in [6, 6.07) is 13.2. The van der Waals surface area contributed by atoms with E-state index in [9.17, 15) is 4.79 Å². The maximum absolute atomic E-state index is 13.0. The summed E-state index contributed by atoms with van der Waals surface area (Å²) < 4.78 is 0. The van der Waals surface area contributed by atoms with E-state index in [1.54, 1.807) is 11.3 Å². The Morgan fingerprint density at radius 2 is 2.00 bits per heavy atom. The number of fused-ring (bicyclic) bond motifs is 1. The number of aromatic nitrogens is 1. The third-order valence-electron chi connectivity index (χ3n) is 6.47. The maximum atomic E-state index is 13.0. The molecule has 1 fully saturated rings. The van der Waals surface area contributed by atoms with Crippen LogP contribution in [0.4, 0.5) is 0 Å². The Morgan fingerprint density at radius 3 is 2.76 bits per heavy atom. The Kier molecular flexibility index (Phi) is 6.36. The van der Waals surface area contributed by atoms with Gasteiger partial charge in [0, 0.05) is 35.1 Å². The summed E-state index contributed by atoms with van der Waals surface area (Å²) in [7, 11) is 2.00. The van der Waals surface area contributed by atoms with E-state index in [1.165, 1.54) is 40.6 Å². The standard InChI is InChI=1S/C24H31N3OS/c1-17(24(28)27(2)18-9-4-3-5-10-18)25-16-21(23-13-8-14-29-23)20-15-26-22-12-7-6-11-19(20)22/h6-8,11-15,17-18,21,25-26H,3-5,9-10,16H2,1-2H3/p+1/t17-,21-/m0/s1. The van der Waals surface area contributed by atoms with Gasteiger partial charge in [-0.05, 0) is 42.8 Å². The molecule has 29 heavy (non-hydrogen) atoms. The highest BCUT2D eigenvalue weighted by Crippen LogP contribution is 2.32. The summed E-state index contributed by atoms with van der Waals surface area (Å²) in [6.45, 7) is 2.93. The molecule has 2 heterocycles. The van der Waals surface area contributed by atoms with E-state index in [-0.39, 0.29) is 17.9 Å². The van der Waals surface area contributed by atoms with Crippen LogP contribution in [-0.2, 0) is 4.79 Å². The van der Waals surface area contributed by atoms with Gasteiger partial charge in [0.1, 0.15) is 0 Å². The Balaban J connectivity index is 1.48. The van der Waals surface area contributed by atoms with Gasteiger partial charge >= 0.3 is 0 Å². The lowest BCUT2D eigenvalue weighted by Gasteiger charge is -2.32. The monoisotopic (exact) mass is 410 g/mol. The average Bonchev–Trinajstić information content (AvgIpc) is 3.44. The van der Waals surface area contributed by atoms with Crippen LogP contribution in [0, 0.1) is 0 Å². The molecular formula is C24H32N3OS+. The molecule has 1 aromatic carbocycles. The lowest BCUT2D eigenvalue weighted by atomic mass is 9.94. The van der Waals surface area contributed by atoms with Crippen molar-refractivity contribution in [1.29, 1.82) is 0 Å². The third kappa shape index (κ3) is 4.41. The molecular weight excluding hydrogens is 378 g/mol. The number of rotatable bonds is 7. The quantitative estimate of drug-likeness (QED) is 0.605. The van der Waals surface area contributed by atoms with Gasteiger partial charge in [0.05, 0.1) is 12.5 Å². The molecule has 4 nitrogen and oxygen atoms in total. The zero-order chi connectivity index (χ0) is 20.2. The van der Waals surface area contributed by atoms with E-state index in [0.29, 0.717) is 6.04 Å². The van der Waals surface area contributed by atoms with E-state index in [4.69, 9.17) is 0 Å². The van der Waals surface area contributed by atoms with E-state index in [1.807, 2.05) is 11.9 Å². The number of carbonyl (C=O) groups is 1. The van der Waals surface area contributed by atoms with Gasteiger partial charge in [-0.25, -0.2) is 0 Å². The number of carbonyl (C=O) groups excluding carboxylic acids is 1. The first-order chi connectivity index (χ1) is 14.1. The lowest BCUT2D eigenvalue weighted by Crippen LogP contribution is -2.92. The van der Waals surface area contributed by atoms with Crippen LogP contribution in [0.25, 0.3) is 10.9 Å². The fourth-order valence-electron chi connectivity index (χ4n) is 4.68. The number of likely N-dealkylation sites (N-methyl/N-ethyl adjacent to an activating group) is 1. The fourth-order valence-corrected chi connectivity index (χ4v) is 5.54. The molecule has 4 rings (SSSR count). The van der Waals surface area contributed by atoms with Crippen molar-refractivity contribution in [3.05, 3.63) is 58.4 Å². The molecule has 2 atom stereocenters. The fraction of sp³-hybridized carbons (Fsp3) is 0.458. The van der Waals surface area contributed by atoms with Gasteiger partial charge < -0.3 is 15.2 Å². The molecule has 1 amide bonds. The Morgan fingerprint density at radius 1 is 1.21 bits per heavy atom. The Bertz CT molecular complexity index is 927. The smallest absolute Gasteiger partial charge is 0.280 e. The second-order valence-electron chi connectivity index (χ2n) is 8.36. The summed E-state index contributed by atoms with van der Waals surface area (Å²) in [5, 5.41) is 5.65. The minimum atomic E-state index is -0.0606. The second-order valence-corrected chi connectivity index (χ2v) is 9.34. The van der Waals surface area contributed by atoms with Gasteiger partial charge in [-0.3, -0.25) is 4.79 Å². The zero-order valence-electron chi connectivity index (χ0n) is 17.4. The van der Waals surface area contributed by atoms with Crippen LogP contribution in [-0.4, -0.2) is 41.5 Å². The van der Waals surface area contributed by atoms with E-state index in [2.05, 4.69) is 65.2 Å². The third-order valence-corrected chi connectivity index (χ3v) is 7.45. The van der Waals surface area contributed by atoms with E-state index in [0.717, 1.165) is 19.4 Å². The molecule has 1 saturated carbocycles. The zero-order valence-corrected chi connectivity index (χ0v) is 18.3. The van der Waals surface area contributed by atoms with Crippen molar-refractivity contribution in [2.45, 2.75) is 57.0 Å². The summed E-state index contributed by atoms with van der Waals surface area (Å²) in [4.78, 5) is 19.8. The highest BCUT2D eigenvalue weighted by Gasteiger charge is 2.29. The predicted octanol–water partition coefficient (Wildman–Crippen LogP) is 4.10. The minimum absolute atomic E-state index is 0.0606. The number of benzene rings is 1. The van der Waals surface area contributed by atoms with Crippen molar-refractivity contribution in [3.8, 4) is 0 Å². The number of amides is 1. The van der Waals surface area contributed by atoms with Gasteiger partial charge in [-0.2, -0.15) is 0 Å². The molecule has 5 heteroatoms. The molecule has 3 aromatic rings. The second kappa shape index (κ2) is 9.14. The van der Waals surface area contributed by atoms with Crippen molar-refractivity contribution < 1.29 is 10.1 Å². The number of para-hydroxylation sites is 1. The topological polar surface area (TPSA) is 52.7 Å². The summed E-state index contributed by atoms with van der Waals surface area (Å²) in [6.07, 6.45) is 8.27. The van der Waals surface area contributed by atoms with Crippen molar-refractivity contribution in [2.75, 3.05) is 13.6 Å². The van der Waals surface area contributed by atoms with Gasteiger partial charge in [-0.1, -0.05) is 43.5 Å². The van der Waals surface area contributed by atoms with Crippen LogP contribution in [0.2, 0.25) is 0 Å². The number of quaternary nitrogens is 1. The van der Waals surface area contributed by atoms with Crippen LogP contribution >= 0.6 is 11.3 Å². The Labute approximate surface area is 177 Å². The Hall–Kier alpha value is -2.11. The number of thiophene rings is 1. The molecule has 1 aliphatic rings. The first-order valence-electron chi connectivity index (χ1n) is 10.8. The number of nitrogens with two attached hydrogens (primary N) is 1. The predicted molar refractivity (Wildman–Crippen MR) is 120 cm³/mol. The van der Waals surface area contributed by atoms with Crippen LogP contribution in [0.15, 0.2) is 48.0 Å². The van der Waals surface area contributed by atoms with Crippen molar-refractivity contribution in [2.24, 2.45) is 0 Å². The molecule has 1 aliphatic carbocycles. The summed E-state index contributed by atoms with van der Waals surface area (Å²) in [5.41, 5.74) is 2.49. The molecule has 0 saturated heterocycles. The van der Waals surface area contributed by atoms with Gasteiger partial charge in [0.25, 0.3) is 5.91 Å². The lowest BCUT2D eigenvalue weighted by molar-refractivity contribution is -0.675. The van der Waals surface area contributed by atoms with E-state index < -0.39 is 0 Å². The normalized spacial score (nSPS) is 17.3. The maximum Gasteiger partial charge on any atom is 0.280 e. The first kappa shape index (κ1) is 20.2. The highest BCUT2D eigenvalue weighted by molar-refractivity contribution is 7.10. The molecule has 0 unspecified atom stereocenters. The van der Waals surface area contributed by atoms with Gasteiger partial charge in [0.2, 0.25) is 0 Å². The van der Waals surface area contributed by atoms with Crippen molar-refractivity contribution in [3.63, 3.8) is 0 Å².